The van der Waals surface area contributed by atoms with Crippen molar-refractivity contribution < 1.29 is 33.8 Å². The van der Waals surface area contributed by atoms with E-state index >= 15 is 0 Å². The largest absolute Gasteiger partial charge is 0.441 e. The minimum Gasteiger partial charge on any atom is -0.441 e. The molecule has 4 heterocycles. The van der Waals surface area contributed by atoms with Gasteiger partial charge in [0, 0.05) is 62.5 Å². The zero-order valence-corrected chi connectivity index (χ0v) is 23.8. The number of carbonyl (C=O) groups is 3. The number of nitrogens with zero attached hydrogens (tertiary/aromatic N) is 5. The van der Waals surface area contributed by atoms with Gasteiger partial charge in [-0.25, -0.2) is 0 Å². The molecule has 2 aromatic rings. The van der Waals surface area contributed by atoms with Gasteiger partial charge in [0.1, 0.15) is 0 Å². The Morgan fingerprint density at radius 2 is 2.05 bits per heavy atom. The molecular weight excluding hydrogens is 522 g/mol. The van der Waals surface area contributed by atoms with E-state index in [4.69, 9.17) is 9.47 Å². The van der Waals surface area contributed by atoms with E-state index in [0.717, 1.165) is 0 Å². The third kappa shape index (κ3) is 4.46. The van der Waals surface area contributed by atoms with Gasteiger partial charge in [0.05, 0.1) is 23.9 Å². The summed E-state index contributed by atoms with van der Waals surface area (Å²) in [6, 6.07) is 5.31. The van der Waals surface area contributed by atoms with Gasteiger partial charge in [-0.2, -0.15) is 0 Å². The Labute approximate surface area is 227 Å². The van der Waals surface area contributed by atoms with Gasteiger partial charge in [-0.3, -0.25) is 24.0 Å². The van der Waals surface area contributed by atoms with Crippen LogP contribution >= 0.6 is 0 Å². The Kier molecular flexibility index (Phi) is 6.90. The Morgan fingerprint density at radius 3 is 2.69 bits per heavy atom. The number of ether oxygens (including phenoxy) is 2. The fourth-order valence-corrected chi connectivity index (χ4v) is 9.11. The number of aliphatic hydroxyl groups is 1. The quantitative estimate of drug-likeness (QED) is 0.278. The highest BCUT2D eigenvalue weighted by Crippen LogP contribution is 2.60. The van der Waals surface area contributed by atoms with Gasteiger partial charge in [-0.15, -0.1) is 5.10 Å². The molecule has 3 aliphatic rings. The summed E-state index contributed by atoms with van der Waals surface area (Å²) in [5.74, 6) is -1.22. The summed E-state index contributed by atoms with van der Waals surface area (Å²) < 4.78 is 13.7. The molecule has 1 aromatic carbocycles. The SMILES string of the molecule is CC(=O)OC1CC(=O)N1c1ccc2c(c1)[C@]1(O[C@@H](CCn3cc(CCO)nn3)[C@H]([Si](C)(C)O)[C@H]1C)C(=O)N2C. The molecule has 0 saturated carbocycles. The summed E-state index contributed by atoms with van der Waals surface area (Å²) in [7, 11) is -1.13. The lowest BCUT2D eigenvalue weighted by Gasteiger charge is -2.39. The van der Waals surface area contributed by atoms with Crippen molar-refractivity contribution in [1.29, 1.82) is 0 Å². The number of rotatable bonds is 8. The monoisotopic (exact) mass is 557 g/mol. The van der Waals surface area contributed by atoms with E-state index in [1.165, 1.54) is 11.8 Å². The molecule has 2 saturated heterocycles. The molecule has 2 amide bonds. The van der Waals surface area contributed by atoms with E-state index in [1.807, 2.05) is 20.0 Å². The molecule has 2 N–H and O–H groups in total. The lowest BCUT2D eigenvalue weighted by Crippen LogP contribution is -2.55. The lowest BCUT2D eigenvalue weighted by atomic mass is 9.82. The standard InChI is InChI=1S/C26H35N5O7Si/c1-15-24(39(4,5)36)21(8-10-30-14-17(9-11-32)27-28-30)38-26(15)19-12-18(6-7-20(19)29(3)25(26)35)31-22(34)13-23(31)37-16(2)33/h6-7,12,14-15,21,23-24,32,36H,8-11,13H2,1-5H3/t15-,21+,23?,24-,26+/m1/s1. The van der Waals surface area contributed by atoms with E-state index in [1.54, 1.807) is 41.0 Å². The smallest absolute Gasteiger partial charge is 0.304 e. The number of β-lactam (4-membered cyclic amide) rings is 1. The molecule has 1 aromatic heterocycles. The number of fused-ring (bicyclic) bond motifs is 2. The number of benzene rings is 1. The van der Waals surface area contributed by atoms with Gasteiger partial charge in [0.15, 0.2) is 20.1 Å². The molecule has 0 bridgehead atoms. The maximum atomic E-state index is 13.9. The molecule has 5 rings (SSSR count). The van der Waals surface area contributed by atoms with Crippen LogP contribution in [0, 0.1) is 5.92 Å². The van der Waals surface area contributed by atoms with Crippen LogP contribution in [0.3, 0.4) is 0 Å². The van der Waals surface area contributed by atoms with Crippen LogP contribution in [0.2, 0.25) is 18.6 Å². The zero-order valence-electron chi connectivity index (χ0n) is 22.8. The van der Waals surface area contributed by atoms with Crippen LogP contribution in [-0.2, 0) is 42.4 Å². The van der Waals surface area contributed by atoms with Crippen molar-refractivity contribution in [2.75, 3.05) is 23.5 Å². The van der Waals surface area contributed by atoms with Crippen molar-refractivity contribution in [2.24, 2.45) is 5.92 Å². The molecule has 0 aliphatic carbocycles. The molecule has 2 fully saturated rings. The summed E-state index contributed by atoms with van der Waals surface area (Å²) in [6.45, 7) is 7.43. The molecule has 5 atom stereocenters. The van der Waals surface area contributed by atoms with Crippen LogP contribution in [0.4, 0.5) is 11.4 Å². The molecule has 1 unspecified atom stereocenters. The number of amides is 2. The summed E-state index contributed by atoms with van der Waals surface area (Å²) in [4.78, 5) is 52.4. The van der Waals surface area contributed by atoms with E-state index in [9.17, 15) is 24.3 Å². The third-order valence-electron chi connectivity index (χ3n) is 8.18. The topological polar surface area (TPSA) is 147 Å². The number of likely N-dealkylation sites (N-methyl/N-ethyl adjacent to an activating group) is 1. The average Bonchev–Trinajstić information content (AvgIpc) is 3.48. The molecule has 210 valence electrons. The molecule has 0 radical (unpaired) electrons. The fourth-order valence-electron chi connectivity index (χ4n) is 6.51. The van der Waals surface area contributed by atoms with Gasteiger partial charge in [0.25, 0.3) is 5.91 Å². The number of anilines is 2. The Morgan fingerprint density at radius 1 is 1.31 bits per heavy atom. The fraction of sp³-hybridized carbons (Fsp3) is 0.577. The van der Waals surface area contributed by atoms with Crippen molar-refractivity contribution in [3.63, 3.8) is 0 Å². The molecule has 1 spiro atoms. The number of aliphatic hydroxyl groups excluding tert-OH is 1. The summed E-state index contributed by atoms with van der Waals surface area (Å²) in [6.07, 6.45) is 1.68. The lowest BCUT2D eigenvalue weighted by molar-refractivity contribution is -0.153. The summed E-state index contributed by atoms with van der Waals surface area (Å²) in [5, 5.41) is 17.4. The second-order valence-electron chi connectivity index (χ2n) is 11.2. The second kappa shape index (κ2) is 9.80. The van der Waals surface area contributed by atoms with Gasteiger partial charge < -0.3 is 24.3 Å². The number of aryl methyl sites for hydroxylation is 1. The van der Waals surface area contributed by atoms with Crippen LogP contribution < -0.4 is 9.80 Å². The van der Waals surface area contributed by atoms with Crippen LogP contribution in [0.25, 0.3) is 0 Å². The van der Waals surface area contributed by atoms with Crippen molar-refractivity contribution in [3.05, 3.63) is 35.7 Å². The van der Waals surface area contributed by atoms with Gasteiger partial charge in [-0.1, -0.05) is 12.1 Å². The van der Waals surface area contributed by atoms with Gasteiger partial charge in [0.2, 0.25) is 5.91 Å². The predicted octanol–water partition coefficient (Wildman–Crippen LogP) is 1.30. The van der Waals surface area contributed by atoms with Crippen molar-refractivity contribution >= 4 is 37.5 Å². The molecule has 12 nitrogen and oxygen atoms in total. The van der Waals surface area contributed by atoms with Crippen molar-refractivity contribution in [3.8, 4) is 0 Å². The van der Waals surface area contributed by atoms with Crippen LogP contribution in [0.5, 0.6) is 0 Å². The maximum absolute atomic E-state index is 13.9. The first-order chi connectivity index (χ1) is 18.4. The number of hydrogen-bond acceptors (Lipinski definition) is 9. The Balaban J connectivity index is 1.50. The number of aromatic nitrogens is 3. The molecule has 39 heavy (non-hydrogen) atoms. The first-order valence-electron chi connectivity index (χ1n) is 13.2. The van der Waals surface area contributed by atoms with Crippen LogP contribution in [-0.4, -0.2) is 77.0 Å². The first-order valence-corrected chi connectivity index (χ1v) is 16.2. The molecule has 3 aliphatic heterocycles. The molecular formula is C26H35N5O7Si. The van der Waals surface area contributed by atoms with Crippen LogP contribution in [0.15, 0.2) is 24.4 Å². The maximum Gasteiger partial charge on any atom is 0.304 e. The number of carbonyl (C=O) groups excluding carboxylic acids is 3. The number of esters is 1. The van der Waals surface area contributed by atoms with E-state index in [0.29, 0.717) is 42.0 Å². The highest BCUT2D eigenvalue weighted by Gasteiger charge is 2.65. The minimum absolute atomic E-state index is 0.0154. The normalized spacial score (nSPS) is 28.3. The van der Waals surface area contributed by atoms with Gasteiger partial charge >= 0.3 is 5.97 Å². The zero-order chi connectivity index (χ0) is 28.3. The Bertz CT molecular complexity index is 1310. The van der Waals surface area contributed by atoms with Crippen LogP contribution in [0.1, 0.15) is 37.9 Å². The van der Waals surface area contributed by atoms with Gasteiger partial charge in [-0.05, 0) is 37.7 Å². The summed E-state index contributed by atoms with van der Waals surface area (Å²) >= 11 is 0. The third-order valence-corrected chi connectivity index (χ3v) is 10.7. The minimum atomic E-state index is -2.83. The highest BCUT2D eigenvalue weighted by atomic mass is 28.4. The molecule has 13 heteroatoms. The highest BCUT2D eigenvalue weighted by molar-refractivity contribution is 6.71. The van der Waals surface area contributed by atoms with E-state index < -0.39 is 32.2 Å². The van der Waals surface area contributed by atoms with Crippen molar-refractivity contribution in [2.45, 2.75) is 76.2 Å². The predicted molar refractivity (Wildman–Crippen MR) is 142 cm³/mol. The number of hydrogen-bond donors (Lipinski definition) is 2. The summed E-state index contributed by atoms with van der Waals surface area (Å²) in [5.41, 5.74) is 0.924. The first kappa shape index (κ1) is 27.4. The second-order valence-corrected chi connectivity index (χ2v) is 15.2. The van der Waals surface area contributed by atoms with Crippen molar-refractivity contribution in [1.82, 2.24) is 15.0 Å². The van der Waals surface area contributed by atoms with E-state index in [-0.39, 0.29) is 36.3 Å². The Hall–Kier alpha value is -3.13. The van der Waals surface area contributed by atoms with E-state index in [2.05, 4.69) is 10.3 Å². The average molecular weight is 558 g/mol.